The second-order valence-electron chi connectivity index (χ2n) is 3.70. The van der Waals surface area contributed by atoms with Gasteiger partial charge < -0.3 is 14.6 Å². The summed E-state index contributed by atoms with van der Waals surface area (Å²) in [5.41, 5.74) is 3.28. The number of anilines is 1. The SMILES string of the molecule is COc1cc(/C=N/Nc2nn[nH]n2)ccc1OCC(=O)O. The van der Waals surface area contributed by atoms with Crippen molar-refractivity contribution in [2.45, 2.75) is 0 Å². The molecule has 21 heavy (non-hydrogen) atoms. The molecule has 0 saturated heterocycles. The van der Waals surface area contributed by atoms with Gasteiger partial charge >= 0.3 is 5.97 Å². The minimum absolute atomic E-state index is 0.236. The van der Waals surface area contributed by atoms with Gasteiger partial charge in [0, 0.05) is 0 Å². The van der Waals surface area contributed by atoms with Gasteiger partial charge in [0.1, 0.15) is 0 Å². The number of aromatic amines is 1. The summed E-state index contributed by atoms with van der Waals surface area (Å²) >= 11 is 0. The number of aromatic nitrogens is 4. The Morgan fingerprint density at radius 2 is 2.38 bits per heavy atom. The number of hydrogen-bond donors (Lipinski definition) is 3. The van der Waals surface area contributed by atoms with Crippen molar-refractivity contribution < 1.29 is 19.4 Å². The predicted octanol–water partition coefficient (Wildman–Crippen LogP) is 0.118. The van der Waals surface area contributed by atoms with Crippen LogP contribution in [0, 0.1) is 0 Å². The smallest absolute Gasteiger partial charge is 0.341 e. The Morgan fingerprint density at radius 3 is 3.05 bits per heavy atom. The van der Waals surface area contributed by atoms with Gasteiger partial charge in [0.05, 0.1) is 13.3 Å². The monoisotopic (exact) mass is 292 g/mol. The average Bonchev–Trinajstić information content (AvgIpc) is 2.98. The van der Waals surface area contributed by atoms with Crippen LogP contribution in [0.4, 0.5) is 5.95 Å². The third-order valence-corrected chi connectivity index (χ3v) is 2.26. The van der Waals surface area contributed by atoms with E-state index in [4.69, 9.17) is 14.6 Å². The average molecular weight is 292 g/mol. The number of carbonyl (C=O) groups is 1. The molecule has 110 valence electrons. The summed E-state index contributed by atoms with van der Waals surface area (Å²) in [5, 5.41) is 25.5. The van der Waals surface area contributed by atoms with Crippen molar-refractivity contribution >= 4 is 18.1 Å². The van der Waals surface area contributed by atoms with Gasteiger partial charge in [-0.2, -0.15) is 10.3 Å². The van der Waals surface area contributed by atoms with E-state index >= 15 is 0 Å². The number of hydrazone groups is 1. The maximum atomic E-state index is 10.5. The zero-order chi connectivity index (χ0) is 15.1. The number of nitrogens with one attached hydrogen (secondary N) is 2. The first-order valence-corrected chi connectivity index (χ1v) is 5.74. The lowest BCUT2D eigenvalue weighted by Crippen LogP contribution is -2.10. The first-order chi connectivity index (χ1) is 10.2. The minimum atomic E-state index is -1.06. The lowest BCUT2D eigenvalue weighted by Gasteiger charge is -2.09. The zero-order valence-electron chi connectivity index (χ0n) is 11.0. The number of rotatable bonds is 7. The molecule has 2 rings (SSSR count). The molecule has 1 aromatic heterocycles. The second-order valence-corrected chi connectivity index (χ2v) is 3.70. The molecule has 0 saturated carbocycles. The molecule has 3 N–H and O–H groups in total. The third-order valence-electron chi connectivity index (χ3n) is 2.26. The largest absolute Gasteiger partial charge is 0.493 e. The van der Waals surface area contributed by atoms with Crippen LogP contribution in [0.2, 0.25) is 0 Å². The Kier molecular flexibility index (Phi) is 4.64. The second kappa shape index (κ2) is 6.84. The van der Waals surface area contributed by atoms with Crippen LogP contribution < -0.4 is 14.9 Å². The van der Waals surface area contributed by atoms with Crippen LogP contribution >= 0.6 is 0 Å². The maximum Gasteiger partial charge on any atom is 0.341 e. The van der Waals surface area contributed by atoms with Crippen LogP contribution in [0.25, 0.3) is 0 Å². The van der Waals surface area contributed by atoms with Gasteiger partial charge in [0.2, 0.25) is 0 Å². The Hall–Kier alpha value is -3.17. The molecule has 0 amide bonds. The summed E-state index contributed by atoms with van der Waals surface area (Å²) in [6.45, 7) is -0.441. The molecule has 10 heteroatoms. The van der Waals surface area contributed by atoms with Crippen LogP contribution in [0.5, 0.6) is 11.5 Å². The Bertz CT molecular complexity index is 628. The quantitative estimate of drug-likeness (QED) is 0.483. The zero-order valence-corrected chi connectivity index (χ0v) is 11.0. The topological polar surface area (TPSA) is 135 Å². The van der Waals surface area contributed by atoms with E-state index in [0.29, 0.717) is 17.1 Å². The molecule has 1 aromatic carbocycles. The molecule has 0 unspecified atom stereocenters. The Balaban J connectivity index is 2.03. The fourth-order valence-electron chi connectivity index (χ4n) is 1.40. The van der Waals surface area contributed by atoms with Crippen molar-refractivity contribution in [3.05, 3.63) is 23.8 Å². The number of ether oxygens (including phenoxy) is 2. The number of aliphatic carboxylic acids is 1. The summed E-state index contributed by atoms with van der Waals surface area (Å²) < 4.78 is 10.2. The summed E-state index contributed by atoms with van der Waals surface area (Å²) in [6.07, 6.45) is 1.51. The highest BCUT2D eigenvalue weighted by Crippen LogP contribution is 2.27. The summed E-state index contributed by atoms with van der Waals surface area (Å²) in [5.74, 6) is -0.0884. The van der Waals surface area contributed by atoms with Crippen LogP contribution in [0.15, 0.2) is 23.3 Å². The molecule has 0 atom stereocenters. The Labute approximate surface area is 118 Å². The normalized spacial score (nSPS) is 10.5. The number of carboxylic acid groups (broad SMARTS) is 1. The highest BCUT2D eigenvalue weighted by molar-refractivity contribution is 5.81. The van der Waals surface area contributed by atoms with E-state index in [9.17, 15) is 4.79 Å². The highest BCUT2D eigenvalue weighted by Gasteiger charge is 2.07. The van der Waals surface area contributed by atoms with E-state index in [0.717, 1.165) is 0 Å². The minimum Gasteiger partial charge on any atom is -0.493 e. The van der Waals surface area contributed by atoms with E-state index < -0.39 is 12.6 Å². The van der Waals surface area contributed by atoms with Crippen molar-refractivity contribution in [1.29, 1.82) is 0 Å². The summed E-state index contributed by atoms with van der Waals surface area (Å²) in [6, 6.07) is 4.94. The molecular formula is C11H12N6O4. The molecule has 0 aliphatic heterocycles. The predicted molar refractivity (Wildman–Crippen MR) is 71.5 cm³/mol. The van der Waals surface area contributed by atoms with Crippen LogP contribution in [0.1, 0.15) is 5.56 Å². The fraction of sp³-hybridized carbons (Fsp3) is 0.182. The molecule has 0 aliphatic carbocycles. The number of nitrogens with zero attached hydrogens (tertiary/aromatic N) is 4. The lowest BCUT2D eigenvalue weighted by molar-refractivity contribution is -0.139. The molecule has 0 aliphatic rings. The van der Waals surface area contributed by atoms with Crippen molar-refractivity contribution in [2.24, 2.45) is 5.10 Å². The number of benzene rings is 1. The molecule has 0 fully saturated rings. The molecule has 0 spiro atoms. The number of methoxy groups -OCH3 is 1. The van der Waals surface area contributed by atoms with Gasteiger partial charge in [-0.25, -0.2) is 10.2 Å². The van der Waals surface area contributed by atoms with Gasteiger partial charge in [-0.15, -0.1) is 5.10 Å². The van der Waals surface area contributed by atoms with Gasteiger partial charge in [-0.05, 0) is 29.0 Å². The van der Waals surface area contributed by atoms with Crippen molar-refractivity contribution in [1.82, 2.24) is 20.6 Å². The van der Waals surface area contributed by atoms with Crippen LogP contribution in [-0.4, -0.2) is 51.6 Å². The molecule has 1 heterocycles. The van der Waals surface area contributed by atoms with E-state index in [1.54, 1.807) is 18.2 Å². The van der Waals surface area contributed by atoms with Crippen molar-refractivity contribution in [3.8, 4) is 11.5 Å². The van der Waals surface area contributed by atoms with Gasteiger partial charge in [0.15, 0.2) is 18.1 Å². The maximum absolute atomic E-state index is 10.5. The lowest BCUT2D eigenvalue weighted by atomic mass is 10.2. The first kappa shape index (κ1) is 14.2. The molecular weight excluding hydrogens is 280 g/mol. The van der Waals surface area contributed by atoms with Crippen LogP contribution in [-0.2, 0) is 4.79 Å². The molecule has 10 nitrogen and oxygen atoms in total. The number of H-pyrrole nitrogens is 1. The summed E-state index contributed by atoms with van der Waals surface area (Å²) in [4.78, 5) is 10.5. The number of carboxylic acids is 1. The van der Waals surface area contributed by atoms with E-state index in [1.807, 2.05) is 0 Å². The molecule has 2 aromatic rings. The van der Waals surface area contributed by atoms with E-state index in [-0.39, 0.29) is 5.95 Å². The fourth-order valence-corrected chi connectivity index (χ4v) is 1.40. The van der Waals surface area contributed by atoms with Gasteiger partial charge in [0.25, 0.3) is 5.95 Å². The molecule has 0 bridgehead atoms. The van der Waals surface area contributed by atoms with Gasteiger partial charge in [-0.1, -0.05) is 5.10 Å². The number of hydrogen-bond acceptors (Lipinski definition) is 8. The van der Waals surface area contributed by atoms with Crippen LogP contribution in [0.3, 0.4) is 0 Å². The van der Waals surface area contributed by atoms with E-state index in [1.165, 1.54) is 13.3 Å². The first-order valence-electron chi connectivity index (χ1n) is 5.74. The highest BCUT2D eigenvalue weighted by atomic mass is 16.5. The van der Waals surface area contributed by atoms with Crippen molar-refractivity contribution in [3.63, 3.8) is 0 Å². The Morgan fingerprint density at radius 1 is 1.52 bits per heavy atom. The summed E-state index contributed by atoms with van der Waals surface area (Å²) in [7, 11) is 1.46. The molecule has 0 radical (unpaired) electrons. The standard InChI is InChI=1S/C11H12N6O4/c1-20-9-4-7(2-3-8(9)21-6-10(18)19)5-12-13-11-14-16-17-15-11/h2-5H,6H2,1H3,(H,18,19)(H2,13,14,15,16,17)/b12-5+. The van der Waals surface area contributed by atoms with Crippen molar-refractivity contribution in [2.75, 3.05) is 19.1 Å². The third kappa shape index (κ3) is 4.16. The van der Waals surface area contributed by atoms with E-state index in [2.05, 4.69) is 31.2 Å². The van der Waals surface area contributed by atoms with Gasteiger partial charge in [-0.3, -0.25) is 0 Å². The number of tetrazole rings is 1.